The Hall–Kier alpha value is -2.18. The second-order valence-electron chi connectivity index (χ2n) is 2.30. The second-order valence-corrected chi connectivity index (χ2v) is 2.30. The number of hydrogen-bond donors (Lipinski definition) is 2. The predicted octanol–water partition coefficient (Wildman–Crippen LogP) is -0.884. The van der Waals surface area contributed by atoms with Crippen LogP contribution >= 0.6 is 0 Å². The number of hydrogen-bond acceptors (Lipinski definition) is 4. The maximum absolute atomic E-state index is 11.0. The predicted molar refractivity (Wildman–Crippen MR) is 40.6 cm³/mol. The highest BCUT2D eigenvalue weighted by molar-refractivity contribution is 5.91. The number of aromatic nitrogens is 4. The van der Waals surface area contributed by atoms with Crippen molar-refractivity contribution in [3.05, 3.63) is 28.6 Å². The first-order chi connectivity index (χ1) is 6.20. The summed E-state index contributed by atoms with van der Waals surface area (Å²) in [5.74, 6) is -1.22. The number of aromatic amines is 1. The van der Waals surface area contributed by atoms with Crippen LogP contribution in [0.4, 0.5) is 0 Å². The van der Waals surface area contributed by atoms with Gasteiger partial charge in [0.15, 0.2) is 11.3 Å². The molecule has 2 N–H and O–H groups in total. The van der Waals surface area contributed by atoms with Gasteiger partial charge in [-0.05, 0) is 0 Å². The molecule has 7 nitrogen and oxygen atoms in total. The average molecular weight is 180 g/mol. The van der Waals surface area contributed by atoms with E-state index in [2.05, 4.69) is 15.2 Å². The van der Waals surface area contributed by atoms with Crippen molar-refractivity contribution in [3.63, 3.8) is 0 Å². The maximum atomic E-state index is 11.0. The SMILES string of the molecule is O=C(O)c1nccn2c(=O)[nH]nc12. The van der Waals surface area contributed by atoms with Gasteiger partial charge in [-0.15, -0.1) is 5.10 Å². The normalized spacial score (nSPS) is 10.5. The van der Waals surface area contributed by atoms with E-state index >= 15 is 0 Å². The third-order valence-corrected chi connectivity index (χ3v) is 1.54. The number of H-pyrrole nitrogens is 1. The fourth-order valence-electron chi connectivity index (χ4n) is 0.993. The first-order valence-corrected chi connectivity index (χ1v) is 3.35. The van der Waals surface area contributed by atoms with E-state index in [1.165, 1.54) is 12.4 Å². The molecule has 2 heterocycles. The lowest BCUT2D eigenvalue weighted by molar-refractivity contribution is 0.0692. The first kappa shape index (κ1) is 7.47. The molecule has 0 amide bonds. The lowest BCUT2D eigenvalue weighted by Crippen LogP contribution is -2.11. The molecule has 13 heavy (non-hydrogen) atoms. The van der Waals surface area contributed by atoms with Crippen molar-refractivity contribution in [2.45, 2.75) is 0 Å². The van der Waals surface area contributed by atoms with Gasteiger partial charge in [0.05, 0.1) is 0 Å². The Balaban J connectivity index is 2.92. The highest BCUT2D eigenvalue weighted by Gasteiger charge is 2.12. The molecule has 0 aliphatic rings. The van der Waals surface area contributed by atoms with Gasteiger partial charge in [0, 0.05) is 12.4 Å². The van der Waals surface area contributed by atoms with Gasteiger partial charge >= 0.3 is 11.7 Å². The molecule has 2 aromatic rings. The van der Waals surface area contributed by atoms with Crippen LogP contribution in [0.2, 0.25) is 0 Å². The quantitative estimate of drug-likeness (QED) is 0.593. The smallest absolute Gasteiger partial charge is 0.358 e. The van der Waals surface area contributed by atoms with Crippen molar-refractivity contribution in [3.8, 4) is 0 Å². The monoisotopic (exact) mass is 180 g/mol. The van der Waals surface area contributed by atoms with Crippen molar-refractivity contribution in [2.75, 3.05) is 0 Å². The Morgan fingerprint density at radius 1 is 1.62 bits per heavy atom. The van der Waals surface area contributed by atoms with E-state index in [0.717, 1.165) is 4.40 Å². The van der Waals surface area contributed by atoms with Gasteiger partial charge in [-0.3, -0.25) is 0 Å². The molecule has 0 aromatic carbocycles. The molecule has 2 rings (SSSR count). The van der Waals surface area contributed by atoms with Crippen LogP contribution in [-0.4, -0.2) is 30.7 Å². The van der Waals surface area contributed by atoms with Gasteiger partial charge in [0.1, 0.15) is 0 Å². The summed E-state index contributed by atoms with van der Waals surface area (Å²) in [5, 5.41) is 14.3. The summed E-state index contributed by atoms with van der Waals surface area (Å²) >= 11 is 0. The Kier molecular flexibility index (Phi) is 1.38. The summed E-state index contributed by atoms with van der Waals surface area (Å²) in [7, 11) is 0. The van der Waals surface area contributed by atoms with Crippen LogP contribution in [0.3, 0.4) is 0 Å². The van der Waals surface area contributed by atoms with E-state index in [1.807, 2.05) is 0 Å². The number of carbonyl (C=O) groups is 1. The number of carboxylic acids is 1. The average Bonchev–Trinajstić information content (AvgIpc) is 2.48. The van der Waals surface area contributed by atoms with Crippen molar-refractivity contribution < 1.29 is 9.90 Å². The van der Waals surface area contributed by atoms with Crippen LogP contribution in [-0.2, 0) is 0 Å². The summed E-state index contributed by atoms with van der Waals surface area (Å²) in [6.07, 6.45) is 2.57. The summed E-state index contributed by atoms with van der Waals surface area (Å²) in [6, 6.07) is 0. The van der Waals surface area contributed by atoms with Gasteiger partial charge in [-0.2, -0.15) is 0 Å². The highest BCUT2D eigenvalue weighted by atomic mass is 16.4. The molecule has 0 radical (unpaired) electrons. The van der Waals surface area contributed by atoms with Crippen LogP contribution in [0.1, 0.15) is 10.5 Å². The Morgan fingerprint density at radius 3 is 3.08 bits per heavy atom. The molecule has 0 saturated carbocycles. The maximum Gasteiger partial charge on any atom is 0.358 e. The minimum absolute atomic E-state index is 0.0139. The molecule has 66 valence electrons. The molecule has 0 atom stereocenters. The molecule has 0 bridgehead atoms. The number of fused-ring (bicyclic) bond motifs is 1. The largest absolute Gasteiger partial charge is 0.476 e. The Morgan fingerprint density at radius 2 is 2.38 bits per heavy atom. The van der Waals surface area contributed by atoms with Crippen LogP contribution in [0.25, 0.3) is 5.65 Å². The highest BCUT2D eigenvalue weighted by Crippen LogP contribution is 2.00. The van der Waals surface area contributed by atoms with E-state index in [4.69, 9.17) is 5.11 Å². The summed E-state index contributed by atoms with van der Waals surface area (Å²) in [4.78, 5) is 25.1. The number of carboxylic acid groups (broad SMARTS) is 1. The molecular formula is C6H4N4O3. The Bertz CT molecular complexity index is 526. The van der Waals surface area contributed by atoms with Crippen molar-refractivity contribution in [1.29, 1.82) is 0 Å². The van der Waals surface area contributed by atoms with E-state index < -0.39 is 11.7 Å². The molecule has 0 aliphatic carbocycles. The minimum atomic E-state index is -1.22. The summed E-state index contributed by atoms with van der Waals surface area (Å²) < 4.78 is 1.08. The fraction of sp³-hybridized carbons (Fsp3) is 0. The lowest BCUT2D eigenvalue weighted by atomic mass is 10.4. The van der Waals surface area contributed by atoms with Crippen LogP contribution in [0.5, 0.6) is 0 Å². The van der Waals surface area contributed by atoms with Crippen LogP contribution in [0.15, 0.2) is 17.2 Å². The number of aromatic carboxylic acids is 1. The number of nitrogens with zero attached hydrogens (tertiary/aromatic N) is 3. The van der Waals surface area contributed by atoms with Gasteiger partial charge < -0.3 is 5.11 Å². The van der Waals surface area contributed by atoms with E-state index in [9.17, 15) is 9.59 Å². The molecule has 0 saturated heterocycles. The van der Waals surface area contributed by atoms with E-state index in [-0.39, 0.29) is 11.3 Å². The van der Waals surface area contributed by atoms with Crippen LogP contribution in [0, 0.1) is 0 Å². The van der Waals surface area contributed by atoms with Gasteiger partial charge in [-0.1, -0.05) is 0 Å². The second kappa shape index (κ2) is 2.41. The molecule has 2 aromatic heterocycles. The Labute approximate surface area is 70.7 Å². The van der Waals surface area contributed by atoms with Crippen molar-refractivity contribution >= 4 is 11.6 Å². The third-order valence-electron chi connectivity index (χ3n) is 1.54. The standard InChI is InChI=1S/C6H4N4O3/c11-5(12)3-4-8-9-6(13)10(4)2-1-7-3/h1-2H,(H,9,13)(H,11,12). The molecule has 0 aliphatic heterocycles. The van der Waals surface area contributed by atoms with E-state index in [1.54, 1.807) is 0 Å². The molecule has 0 unspecified atom stereocenters. The molecule has 7 heteroatoms. The number of rotatable bonds is 1. The minimum Gasteiger partial charge on any atom is -0.476 e. The van der Waals surface area contributed by atoms with Crippen molar-refractivity contribution in [1.82, 2.24) is 19.6 Å². The van der Waals surface area contributed by atoms with E-state index in [0.29, 0.717) is 0 Å². The molecule has 0 spiro atoms. The summed E-state index contributed by atoms with van der Waals surface area (Å²) in [6.45, 7) is 0. The van der Waals surface area contributed by atoms with Gasteiger partial charge in [-0.25, -0.2) is 24.1 Å². The van der Waals surface area contributed by atoms with Gasteiger partial charge in [0.2, 0.25) is 0 Å². The fourth-order valence-corrected chi connectivity index (χ4v) is 0.993. The third kappa shape index (κ3) is 0.975. The zero-order chi connectivity index (χ0) is 9.42. The molecular weight excluding hydrogens is 176 g/mol. The van der Waals surface area contributed by atoms with Crippen LogP contribution < -0.4 is 5.69 Å². The zero-order valence-corrected chi connectivity index (χ0v) is 6.26. The topological polar surface area (TPSA) is 100 Å². The zero-order valence-electron chi connectivity index (χ0n) is 6.26. The lowest BCUT2D eigenvalue weighted by Gasteiger charge is -1.93. The number of nitrogens with one attached hydrogen (secondary N) is 1. The molecule has 0 fully saturated rings. The summed E-state index contributed by atoms with van der Waals surface area (Å²) in [5.41, 5.74) is -0.722. The first-order valence-electron chi connectivity index (χ1n) is 3.35. The van der Waals surface area contributed by atoms with Gasteiger partial charge in [0.25, 0.3) is 0 Å². The van der Waals surface area contributed by atoms with Crippen molar-refractivity contribution in [2.24, 2.45) is 0 Å².